The van der Waals surface area contributed by atoms with Gasteiger partial charge >= 0.3 is 0 Å². The number of likely N-dealkylation sites (tertiary alicyclic amines) is 1. The molecule has 1 aromatic rings. The highest BCUT2D eigenvalue weighted by Gasteiger charge is 2.36. The Bertz CT molecular complexity index is 385. The molecule has 0 N–H and O–H groups in total. The largest absolute Gasteiger partial charge is 0.299 e. The van der Waals surface area contributed by atoms with Gasteiger partial charge in [-0.05, 0) is 55.8 Å². The third-order valence-corrected chi connectivity index (χ3v) is 5.00. The molecule has 0 aromatic carbocycles. The summed E-state index contributed by atoms with van der Waals surface area (Å²) < 4.78 is 0. The van der Waals surface area contributed by atoms with E-state index in [2.05, 4.69) is 16.0 Å². The van der Waals surface area contributed by atoms with Crippen LogP contribution in [0.25, 0.3) is 0 Å². The van der Waals surface area contributed by atoms with Gasteiger partial charge in [0.2, 0.25) is 0 Å². The maximum atomic E-state index is 5.81. The van der Waals surface area contributed by atoms with E-state index in [4.69, 9.17) is 11.6 Å². The van der Waals surface area contributed by atoms with Crippen molar-refractivity contribution in [3.05, 3.63) is 29.0 Å². The topological polar surface area (TPSA) is 16.1 Å². The molecule has 1 spiro atoms. The zero-order valence-corrected chi connectivity index (χ0v) is 11.6. The van der Waals surface area contributed by atoms with Crippen molar-refractivity contribution in [2.24, 2.45) is 5.41 Å². The Morgan fingerprint density at radius 2 is 1.83 bits per heavy atom. The third kappa shape index (κ3) is 2.70. The Labute approximate surface area is 114 Å². The van der Waals surface area contributed by atoms with Gasteiger partial charge in [-0.2, -0.15) is 0 Å². The van der Waals surface area contributed by atoms with Crippen LogP contribution in [-0.2, 0) is 6.54 Å². The highest BCUT2D eigenvalue weighted by atomic mass is 35.5. The summed E-state index contributed by atoms with van der Waals surface area (Å²) in [6.07, 6.45) is 10.6. The lowest BCUT2D eigenvalue weighted by molar-refractivity contribution is 0.103. The average Bonchev–Trinajstić information content (AvgIpc) is 2.84. The summed E-state index contributed by atoms with van der Waals surface area (Å²) in [6.45, 7) is 3.53. The molecular weight excluding hydrogens is 244 g/mol. The van der Waals surface area contributed by atoms with E-state index in [9.17, 15) is 0 Å². The van der Waals surface area contributed by atoms with Crippen LogP contribution in [0.1, 0.15) is 44.1 Å². The van der Waals surface area contributed by atoms with E-state index < -0.39 is 0 Å². The van der Waals surface area contributed by atoms with E-state index in [0.717, 1.165) is 12.0 Å². The van der Waals surface area contributed by atoms with Crippen molar-refractivity contribution < 1.29 is 0 Å². The van der Waals surface area contributed by atoms with Crippen molar-refractivity contribution in [1.82, 2.24) is 9.88 Å². The Kier molecular flexibility index (Phi) is 3.58. The zero-order valence-electron chi connectivity index (χ0n) is 10.9. The Morgan fingerprint density at radius 3 is 2.44 bits per heavy atom. The lowest BCUT2D eigenvalue weighted by Gasteiger charge is -2.39. The van der Waals surface area contributed by atoms with Crippen LogP contribution in [0, 0.1) is 5.41 Å². The number of halogens is 1. The van der Waals surface area contributed by atoms with Crippen molar-refractivity contribution in [1.29, 1.82) is 0 Å². The van der Waals surface area contributed by atoms with Gasteiger partial charge in [-0.1, -0.05) is 30.5 Å². The van der Waals surface area contributed by atoms with Crippen LogP contribution in [0.3, 0.4) is 0 Å². The highest BCUT2D eigenvalue weighted by Crippen LogP contribution is 2.46. The molecule has 3 heteroatoms. The molecule has 98 valence electrons. The summed E-state index contributed by atoms with van der Waals surface area (Å²) in [6, 6.07) is 3.98. The van der Waals surface area contributed by atoms with Crippen molar-refractivity contribution in [3.8, 4) is 0 Å². The zero-order chi connectivity index (χ0) is 12.4. The fourth-order valence-corrected chi connectivity index (χ4v) is 3.68. The van der Waals surface area contributed by atoms with Crippen LogP contribution < -0.4 is 0 Å². The van der Waals surface area contributed by atoms with Gasteiger partial charge in [0.05, 0.1) is 0 Å². The Morgan fingerprint density at radius 1 is 1.11 bits per heavy atom. The first-order chi connectivity index (χ1) is 8.76. The Hall–Kier alpha value is -0.600. The Balaban J connectivity index is 1.55. The molecule has 2 fully saturated rings. The molecule has 0 bridgehead atoms. The van der Waals surface area contributed by atoms with Gasteiger partial charge in [-0.3, -0.25) is 4.90 Å². The second kappa shape index (κ2) is 5.18. The van der Waals surface area contributed by atoms with Gasteiger partial charge in [0.25, 0.3) is 0 Å². The van der Waals surface area contributed by atoms with Crippen molar-refractivity contribution in [3.63, 3.8) is 0 Å². The number of rotatable bonds is 2. The van der Waals surface area contributed by atoms with E-state index >= 15 is 0 Å². The minimum atomic E-state index is 0.585. The molecule has 2 nitrogen and oxygen atoms in total. The van der Waals surface area contributed by atoms with Crippen molar-refractivity contribution in [2.45, 2.75) is 45.1 Å². The summed E-state index contributed by atoms with van der Waals surface area (Å²) in [5, 5.41) is 0.585. The lowest BCUT2D eigenvalue weighted by atomic mass is 9.77. The van der Waals surface area contributed by atoms with Gasteiger partial charge < -0.3 is 0 Å². The molecule has 1 aliphatic heterocycles. The molecule has 18 heavy (non-hydrogen) atoms. The molecule has 1 saturated carbocycles. The summed E-state index contributed by atoms with van der Waals surface area (Å²) in [5.74, 6) is 0. The van der Waals surface area contributed by atoms with Crippen LogP contribution in [0.2, 0.25) is 5.15 Å². The lowest BCUT2D eigenvalue weighted by Crippen LogP contribution is -2.38. The summed E-state index contributed by atoms with van der Waals surface area (Å²) in [4.78, 5) is 6.72. The van der Waals surface area contributed by atoms with Gasteiger partial charge in [-0.25, -0.2) is 4.98 Å². The molecule has 1 aliphatic carbocycles. The van der Waals surface area contributed by atoms with Crippen LogP contribution in [-0.4, -0.2) is 23.0 Å². The normalized spacial score (nSPS) is 23.6. The molecule has 2 heterocycles. The maximum absolute atomic E-state index is 5.81. The number of pyridine rings is 1. The van der Waals surface area contributed by atoms with E-state index in [1.807, 2.05) is 12.3 Å². The number of hydrogen-bond donors (Lipinski definition) is 0. The molecule has 1 aromatic heterocycles. The summed E-state index contributed by atoms with van der Waals surface area (Å²) in [5.41, 5.74) is 2.00. The predicted molar refractivity (Wildman–Crippen MR) is 74.7 cm³/mol. The fraction of sp³-hybridized carbons (Fsp3) is 0.667. The first-order valence-electron chi connectivity index (χ1n) is 7.09. The first kappa shape index (κ1) is 12.4. The molecular formula is C15H21ClN2. The second-order valence-corrected chi connectivity index (χ2v) is 6.36. The summed E-state index contributed by atoms with van der Waals surface area (Å²) in [7, 11) is 0. The molecule has 0 amide bonds. The molecule has 0 unspecified atom stereocenters. The smallest absolute Gasteiger partial charge is 0.129 e. The third-order valence-electron chi connectivity index (χ3n) is 4.78. The van der Waals surface area contributed by atoms with E-state index in [-0.39, 0.29) is 0 Å². The van der Waals surface area contributed by atoms with E-state index in [1.165, 1.54) is 57.2 Å². The summed E-state index contributed by atoms with van der Waals surface area (Å²) >= 11 is 5.81. The predicted octanol–water partition coefficient (Wildman–Crippen LogP) is 3.89. The number of aromatic nitrogens is 1. The van der Waals surface area contributed by atoms with E-state index in [1.54, 1.807) is 0 Å². The van der Waals surface area contributed by atoms with Crippen LogP contribution >= 0.6 is 11.6 Å². The number of nitrogens with zero attached hydrogens (tertiary/aromatic N) is 2. The van der Waals surface area contributed by atoms with Crippen LogP contribution in [0.5, 0.6) is 0 Å². The standard InChI is InChI=1S/C15H21ClN2/c16-14-4-3-13(11-17-14)12-18-9-7-15(8-10-18)5-1-2-6-15/h3-4,11H,1-2,5-10,12H2. The molecule has 2 aliphatic rings. The van der Waals surface area contributed by atoms with Gasteiger partial charge in [0.15, 0.2) is 0 Å². The second-order valence-electron chi connectivity index (χ2n) is 5.97. The van der Waals surface area contributed by atoms with Gasteiger partial charge in [0, 0.05) is 12.7 Å². The van der Waals surface area contributed by atoms with E-state index in [0.29, 0.717) is 5.15 Å². The molecule has 3 rings (SSSR count). The van der Waals surface area contributed by atoms with Crippen LogP contribution in [0.15, 0.2) is 18.3 Å². The molecule has 0 atom stereocenters. The monoisotopic (exact) mass is 264 g/mol. The molecule has 1 saturated heterocycles. The number of piperidine rings is 1. The quantitative estimate of drug-likeness (QED) is 0.754. The van der Waals surface area contributed by atoms with Crippen molar-refractivity contribution >= 4 is 11.6 Å². The number of hydrogen-bond acceptors (Lipinski definition) is 2. The minimum Gasteiger partial charge on any atom is -0.299 e. The molecule has 0 radical (unpaired) electrons. The highest BCUT2D eigenvalue weighted by molar-refractivity contribution is 6.29. The van der Waals surface area contributed by atoms with Crippen LogP contribution in [0.4, 0.5) is 0 Å². The van der Waals surface area contributed by atoms with Gasteiger partial charge in [-0.15, -0.1) is 0 Å². The first-order valence-corrected chi connectivity index (χ1v) is 7.46. The minimum absolute atomic E-state index is 0.585. The average molecular weight is 265 g/mol. The SMILES string of the molecule is Clc1ccc(CN2CCC3(CCCC3)CC2)cn1. The van der Waals surface area contributed by atoms with Crippen molar-refractivity contribution in [2.75, 3.05) is 13.1 Å². The van der Waals surface area contributed by atoms with Gasteiger partial charge in [0.1, 0.15) is 5.15 Å². The fourth-order valence-electron chi connectivity index (χ4n) is 3.57. The maximum Gasteiger partial charge on any atom is 0.129 e.